The maximum Gasteiger partial charge on any atom is 0.0238 e. The van der Waals surface area contributed by atoms with Crippen molar-refractivity contribution in [3.63, 3.8) is 0 Å². The third-order valence-electron chi connectivity index (χ3n) is 4.20. The van der Waals surface area contributed by atoms with E-state index in [1.165, 1.54) is 27.2 Å². The topological polar surface area (TPSA) is 0 Å². The van der Waals surface area contributed by atoms with Gasteiger partial charge in [0.25, 0.3) is 0 Å². The van der Waals surface area contributed by atoms with Crippen LogP contribution in [0.1, 0.15) is 38.3 Å². The van der Waals surface area contributed by atoms with E-state index < -0.39 is 0 Å². The number of hydrogen-bond donors (Lipinski definition) is 0. The summed E-state index contributed by atoms with van der Waals surface area (Å²) in [6, 6.07) is 8.73. The molecule has 0 radical (unpaired) electrons. The zero-order valence-corrected chi connectivity index (χ0v) is 13.8. The van der Waals surface area contributed by atoms with Crippen molar-refractivity contribution in [3.05, 3.63) is 75.7 Å². The van der Waals surface area contributed by atoms with Crippen LogP contribution < -0.4 is 0 Å². The van der Waals surface area contributed by atoms with Gasteiger partial charge in [0.2, 0.25) is 0 Å². The molecule has 21 heavy (non-hydrogen) atoms. The summed E-state index contributed by atoms with van der Waals surface area (Å²) in [5.74, 6) is 1.03. The Morgan fingerprint density at radius 3 is 2.76 bits per heavy atom. The first kappa shape index (κ1) is 14.5. The van der Waals surface area contributed by atoms with E-state index >= 15 is 0 Å². The molecule has 1 heterocycles. The monoisotopic (exact) mass is 294 g/mol. The number of rotatable bonds is 0. The molecule has 0 amide bonds. The standard InChI is InChI=1S/C20H22S/c1-15-7-6-10-18-19(13-15)21-14-17-9-5-4-8-16(17)11-12-20(18,2)3/h4-5,7-13H,6,14H2,1-3H3/b12-11-. The van der Waals surface area contributed by atoms with E-state index in [0.717, 1.165) is 12.2 Å². The number of allylic oxidation sites excluding steroid dienone is 6. The summed E-state index contributed by atoms with van der Waals surface area (Å²) in [7, 11) is 0. The summed E-state index contributed by atoms with van der Waals surface area (Å²) in [4.78, 5) is 1.42. The van der Waals surface area contributed by atoms with Crippen LogP contribution in [-0.2, 0) is 5.75 Å². The molecular formula is C20H22S. The van der Waals surface area contributed by atoms with Gasteiger partial charge in [-0.3, -0.25) is 0 Å². The van der Waals surface area contributed by atoms with Gasteiger partial charge in [-0.1, -0.05) is 68.0 Å². The Morgan fingerprint density at radius 1 is 1.10 bits per heavy atom. The Kier molecular flexibility index (Phi) is 3.95. The molecule has 0 N–H and O–H groups in total. The van der Waals surface area contributed by atoms with Crippen LogP contribution in [0.4, 0.5) is 0 Å². The summed E-state index contributed by atoms with van der Waals surface area (Å²) in [5.41, 5.74) is 5.67. The van der Waals surface area contributed by atoms with Gasteiger partial charge in [-0.05, 0) is 36.1 Å². The molecule has 0 bridgehead atoms. The fourth-order valence-electron chi connectivity index (χ4n) is 2.88. The smallest absolute Gasteiger partial charge is 0.0238 e. The minimum Gasteiger partial charge on any atom is -0.121 e. The van der Waals surface area contributed by atoms with Crippen LogP contribution in [0, 0.1) is 5.41 Å². The van der Waals surface area contributed by atoms with Gasteiger partial charge in [0.05, 0.1) is 0 Å². The van der Waals surface area contributed by atoms with E-state index in [1.54, 1.807) is 0 Å². The lowest BCUT2D eigenvalue weighted by Gasteiger charge is -2.26. The highest BCUT2D eigenvalue weighted by molar-refractivity contribution is 8.02. The lowest BCUT2D eigenvalue weighted by Crippen LogP contribution is -2.12. The van der Waals surface area contributed by atoms with E-state index in [4.69, 9.17) is 0 Å². The fraction of sp³-hybridized carbons (Fsp3) is 0.300. The van der Waals surface area contributed by atoms with Crippen LogP contribution in [0.25, 0.3) is 6.08 Å². The van der Waals surface area contributed by atoms with Crippen LogP contribution in [0.2, 0.25) is 0 Å². The zero-order chi connectivity index (χ0) is 14.9. The molecule has 0 spiro atoms. The van der Waals surface area contributed by atoms with Gasteiger partial charge in [0.1, 0.15) is 0 Å². The average Bonchev–Trinajstić information content (AvgIpc) is 2.62. The molecule has 0 fully saturated rings. The van der Waals surface area contributed by atoms with Gasteiger partial charge in [-0.25, -0.2) is 0 Å². The molecule has 1 aliphatic carbocycles. The molecule has 0 atom stereocenters. The summed E-state index contributed by atoms with van der Waals surface area (Å²) in [5, 5.41) is 0. The van der Waals surface area contributed by atoms with Crippen molar-refractivity contribution in [2.45, 2.75) is 32.9 Å². The maximum atomic E-state index is 2.40. The third kappa shape index (κ3) is 3.08. The normalized spacial score (nSPS) is 22.1. The SMILES string of the molecule is CC1=CCC=C2C(=C1)SCc1ccccc1/C=C\C2(C)C. The van der Waals surface area contributed by atoms with Crippen LogP contribution in [0.15, 0.2) is 64.6 Å². The zero-order valence-electron chi connectivity index (χ0n) is 13.0. The van der Waals surface area contributed by atoms with Gasteiger partial charge in [0, 0.05) is 16.1 Å². The molecule has 2 aliphatic rings. The van der Waals surface area contributed by atoms with Crippen LogP contribution in [0.3, 0.4) is 0 Å². The van der Waals surface area contributed by atoms with E-state index in [0.29, 0.717) is 0 Å². The Balaban J connectivity index is 2.10. The van der Waals surface area contributed by atoms with E-state index in [-0.39, 0.29) is 5.41 Å². The Bertz CT molecular complexity index is 669. The molecule has 1 aliphatic heterocycles. The molecule has 108 valence electrons. The van der Waals surface area contributed by atoms with Crippen LogP contribution in [0.5, 0.6) is 0 Å². The fourth-order valence-corrected chi connectivity index (χ4v) is 4.22. The molecule has 1 aromatic rings. The third-order valence-corrected chi connectivity index (χ3v) is 5.30. The van der Waals surface area contributed by atoms with Gasteiger partial charge >= 0.3 is 0 Å². The van der Waals surface area contributed by atoms with Gasteiger partial charge in [0.15, 0.2) is 0 Å². The predicted molar refractivity (Wildman–Crippen MR) is 95.1 cm³/mol. The van der Waals surface area contributed by atoms with Crippen molar-refractivity contribution in [3.8, 4) is 0 Å². The van der Waals surface area contributed by atoms with E-state index in [9.17, 15) is 0 Å². The van der Waals surface area contributed by atoms with Crippen molar-refractivity contribution >= 4 is 17.8 Å². The molecular weight excluding hydrogens is 272 g/mol. The summed E-state index contributed by atoms with van der Waals surface area (Å²) < 4.78 is 0. The minimum absolute atomic E-state index is 0.0642. The molecule has 0 unspecified atom stereocenters. The average molecular weight is 294 g/mol. The largest absolute Gasteiger partial charge is 0.121 e. The first-order valence-corrected chi connectivity index (χ1v) is 8.54. The van der Waals surface area contributed by atoms with Crippen molar-refractivity contribution in [1.29, 1.82) is 0 Å². The number of thioether (sulfide) groups is 1. The molecule has 3 rings (SSSR count). The van der Waals surface area contributed by atoms with Gasteiger partial charge in [-0.15, -0.1) is 11.8 Å². The van der Waals surface area contributed by atoms with Crippen LogP contribution in [-0.4, -0.2) is 0 Å². The second-order valence-electron chi connectivity index (χ2n) is 6.35. The Morgan fingerprint density at radius 2 is 1.90 bits per heavy atom. The summed E-state index contributed by atoms with van der Waals surface area (Å²) in [6.45, 7) is 6.84. The first-order chi connectivity index (χ1) is 10.1. The highest BCUT2D eigenvalue weighted by Crippen LogP contribution is 2.43. The van der Waals surface area contributed by atoms with Crippen LogP contribution >= 0.6 is 11.8 Å². The number of fused-ring (bicyclic) bond motifs is 2. The molecule has 0 nitrogen and oxygen atoms in total. The highest BCUT2D eigenvalue weighted by Gasteiger charge is 2.25. The second-order valence-corrected chi connectivity index (χ2v) is 7.37. The molecule has 1 aromatic carbocycles. The van der Waals surface area contributed by atoms with Crippen molar-refractivity contribution < 1.29 is 0 Å². The highest BCUT2D eigenvalue weighted by atomic mass is 32.2. The molecule has 0 aromatic heterocycles. The van der Waals surface area contributed by atoms with Crippen molar-refractivity contribution in [2.75, 3.05) is 0 Å². The maximum absolute atomic E-state index is 2.40. The minimum atomic E-state index is 0.0642. The molecule has 0 saturated heterocycles. The molecule has 0 saturated carbocycles. The van der Waals surface area contributed by atoms with E-state index in [1.807, 2.05) is 11.8 Å². The first-order valence-electron chi connectivity index (χ1n) is 7.56. The van der Waals surface area contributed by atoms with Gasteiger partial charge in [-0.2, -0.15) is 0 Å². The Hall–Kier alpha value is -1.47. The number of benzene rings is 1. The quantitative estimate of drug-likeness (QED) is 0.554. The van der Waals surface area contributed by atoms with Gasteiger partial charge < -0.3 is 0 Å². The predicted octanol–water partition coefficient (Wildman–Crippen LogP) is 6.13. The van der Waals surface area contributed by atoms with Crippen molar-refractivity contribution in [1.82, 2.24) is 0 Å². The lowest BCUT2D eigenvalue weighted by molar-refractivity contribution is 0.594. The summed E-state index contributed by atoms with van der Waals surface area (Å²) >= 11 is 1.97. The van der Waals surface area contributed by atoms with Crippen molar-refractivity contribution in [2.24, 2.45) is 5.41 Å². The Labute approximate surface area is 132 Å². The van der Waals surface area contributed by atoms with E-state index in [2.05, 4.69) is 75.4 Å². The summed E-state index contributed by atoms with van der Waals surface area (Å²) in [6.07, 6.45) is 12.8. The lowest BCUT2D eigenvalue weighted by atomic mass is 9.82. The molecule has 1 heteroatoms. The second kappa shape index (κ2) is 5.73. The number of hydrogen-bond acceptors (Lipinski definition) is 1.